The van der Waals surface area contributed by atoms with Gasteiger partial charge in [-0.2, -0.15) is 13.2 Å². The lowest BCUT2D eigenvalue weighted by Crippen LogP contribution is -2.07. The second-order valence-corrected chi connectivity index (χ2v) is 4.33. The summed E-state index contributed by atoms with van der Waals surface area (Å²) in [5.41, 5.74) is 0.0814. The fourth-order valence-corrected chi connectivity index (χ4v) is 1.88. The quantitative estimate of drug-likeness (QED) is 0.917. The van der Waals surface area contributed by atoms with Crippen LogP contribution in [0.15, 0.2) is 36.4 Å². The third kappa shape index (κ3) is 3.65. The lowest BCUT2D eigenvalue weighted by Gasteiger charge is -2.12. The molecule has 0 radical (unpaired) electrons. The summed E-state index contributed by atoms with van der Waals surface area (Å²) in [6, 6.07) is 8.86. The number of hydrogen-bond donors (Lipinski definition) is 1. The van der Waals surface area contributed by atoms with E-state index in [1.54, 1.807) is 24.3 Å². The number of aromatic nitrogens is 1. The van der Waals surface area contributed by atoms with Crippen LogP contribution in [-0.2, 0) is 6.18 Å². The average molecular weight is 296 g/mol. The number of alkyl halides is 3. The molecule has 0 bridgehead atoms. The summed E-state index contributed by atoms with van der Waals surface area (Å²) in [5.74, 6) is 0.766. The van der Waals surface area contributed by atoms with E-state index in [9.17, 15) is 13.2 Å². The summed E-state index contributed by atoms with van der Waals surface area (Å²) < 4.78 is 44.1. The van der Waals surface area contributed by atoms with E-state index >= 15 is 0 Å². The predicted molar refractivity (Wildman–Crippen MR) is 75.4 cm³/mol. The molecule has 1 heterocycles. The second kappa shape index (κ2) is 6.03. The Bertz CT molecular complexity index is 627. The van der Waals surface area contributed by atoms with Gasteiger partial charge in [0.1, 0.15) is 11.6 Å². The van der Waals surface area contributed by atoms with Gasteiger partial charge in [0.05, 0.1) is 17.9 Å². The van der Waals surface area contributed by atoms with Gasteiger partial charge < -0.3 is 10.1 Å². The van der Waals surface area contributed by atoms with Crippen molar-refractivity contribution in [2.24, 2.45) is 0 Å². The second-order valence-electron chi connectivity index (χ2n) is 4.33. The van der Waals surface area contributed by atoms with Gasteiger partial charge in [-0.3, -0.25) is 0 Å². The number of hydrogen-bond acceptors (Lipinski definition) is 3. The van der Waals surface area contributed by atoms with Gasteiger partial charge in [-0.1, -0.05) is 12.1 Å². The van der Waals surface area contributed by atoms with Crippen LogP contribution in [0.1, 0.15) is 12.5 Å². The molecule has 1 aromatic heterocycles. The van der Waals surface area contributed by atoms with Gasteiger partial charge >= 0.3 is 6.18 Å². The van der Waals surface area contributed by atoms with Crippen LogP contribution in [-0.4, -0.2) is 18.6 Å². The Labute approximate surface area is 120 Å². The Hall–Kier alpha value is -2.24. The molecule has 0 spiro atoms. The number of rotatable bonds is 4. The first-order valence-corrected chi connectivity index (χ1v) is 6.44. The summed E-state index contributed by atoms with van der Waals surface area (Å²) in [6.07, 6.45) is -4.42. The van der Waals surface area contributed by atoms with E-state index in [0.29, 0.717) is 17.9 Å². The highest BCUT2D eigenvalue weighted by Gasteiger charge is 2.31. The molecule has 0 atom stereocenters. The maximum absolute atomic E-state index is 12.9. The number of nitrogens with zero attached hydrogens (tertiary/aromatic N) is 1. The van der Waals surface area contributed by atoms with Crippen LogP contribution >= 0.6 is 0 Å². The van der Waals surface area contributed by atoms with Gasteiger partial charge in [0.15, 0.2) is 0 Å². The smallest absolute Gasteiger partial charge is 0.416 e. The fourth-order valence-electron chi connectivity index (χ4n) is 1.88. The van der Waals surface area contributed by atoms with Crippen molar-refractivity contribution in [1.82, 2.24) is 4.98 Å². The molecule has 1 N–H and O–H groups in total. The topological polar surface area (TPSA) is 34.1 Å². The van der Waals surface area contributed by atoms with E-state index in [2.05, 4.69) is 10.3 Å². The summed E-state index contributed by atoms with van der Waals surface area (Å²) in [6.45, 7) is 2.33. The predicted octanol–water partition coefficient (Wildman–Crippen LogP) is 4.21. The van der Waals surface area contributed by atoms with Gasteiger partial charge in [0.2, 0.25) is 0 Å². The van der Waals surface area contributed by atoms with Crippen LogP contribution < -0.4 is 10.1 Å². The number of benzene rings is 1. The van der Waals surface area contributed by atoms with Crippen LogP contribution in [0.3, 0.4) is 0 Å². The van der Waals surface area contributed by atoms with Crippen molar-refractivity contribution in [3.8, 4) is 17.0 Å². The Balaban J connectivity index is 2.50. The highest BCUT2D eigenvalue weighted by atomic mass is 19.4. The summed E-state index contributed by atoms with van der Waals surface area (Å²) in [5, 5.41) is 2.65. The van der Waals surface area contributed by atoms with E-state index in [4.69, 9.17) is 4.74 Å². The lowest BCUT2D eigenvalue weighted by molar-refractivity contribution is -0.137. The molecule has 21 heavy (non-hydrogen) atoms. The fraction of sp³-hybridized carbons (Fsp3) is 0.267. The van der Waals surface area contributed by atoms with Crippen LogP contribution in [0, 0.1) is 0 Å². The zero-order valence-corrected chi connectivity index (χ0v) is 11.7. The maximum Gasteiger partial charge on any atom is 0.416 e. The van der Waals surface area contributed by atoms with Gasteiger partial charge in [0, 0.05) is 12.6 Å². The first-order chi connectivity index (χ1) is 9.94. The number of anilines is 1. The number of pyridine rings is 1. The monoisotopic (exact) mass is 296 g/mol. The minimum absolute atomic E-state index is 0.168. The Kier molecular flexibility index (Phi) is 4.35. The third-order valence-electron chi connectivity index (χ3n) is 2.85. The zero-order valence-electron chi connectivity index (χ0n) is 11.7. The van der Waals surface area contributed by atoms with Gasteiger partial charge in [-0.15, -0.1) is 0 Å². The van der Waals surface area contributed by atoms with Gasteiger partial charge in [-0.05, 0) is 31.2 Å². The molecule has 6 heteroatoms. The summed E-state index contributed by atoms with van der Waals surface area (Å²) >= 11 is 0. The van der Waals surface area contributed by atoms with Crippen LogP contribution in [0.4, 0.5) is 19.0 Å². The number of nitrogens with one attached hydrogen (secondary N) is 1. The van der Waals surface area contributed by atoms with E-state index in [1.807, 2.05) is 6.92 Å². The van der Waals surface area contributed by atoms with Crippen molar-refractivity contribution in [1.29, 1.82) is 0 Å². The molecule has 0 saturated heterocycles. The Morgan fingerprint density at radius 2 is 1.95 bits per heavy atom. The van der Waals surface area contributed by atoms with Gasteiger partial charge in [0.25, 0.3) is 0 Å². The molecule has 0 saturated carbocycles. The summed E-state index contributed by atoms with van der Waals surface area (Å²) in [4.78, 5) is 4.17. The molecular formula is C15H15F3N2O. The highest BCUT2D eigenvalue weighted by molar-refractivity contribution is 5.64. The number of ether oxygens (including phenoxy) is 1. The van der Waals surface area contributed by atoms with E-state index in [0.717, 1.165) is 12.1 Å². The molecule has 0 fully saturated rings. The first kappa shape index (κ1) is 15.2. The van der Waals surface area contributed by atoms with Crippen molar-refractivity contribution >= 4 is 5.82 Å². The molecule has 1 aromatic carbocycles. The van der Waals surface area contributed by atoms with Crippen molar-refractivity contribution in [2.45, 2.75) is 13.1 Å². The zero-order chi connectivity index (χ0) is 15.5. The van der Waals surface area contributed by atoms with Crippen molar-refractivity contribution in [3.63, 3.8) is 0 Å². The van der Waals surface area contributed by atoms with Crippen LogP contribution in [0.2, 0.25) is 0 Å². The van der Waals surface area contributed by atoms with E-state index in [-0.39, 0.29) is 11.5 Å². The molecule has 2 rings (SSSR count). The van der Waals surface area contributed by atoms with E-state index in [1.165, 1.54) is 7.05 Å². The highest BCUT2D eigenvalue weighted by Crippen LogP contribution is 2.33. The van der Waals surface area contributed by atoms with Crippen LogP contribution in [0.25, 0.3) is 11.3 Å². The van der Waals surface area contributed by atoms with Crippen molar-refractivity contribution < 1.29 is 17.9 Å². The van der Waals surface area contributed by atoms with Crippen molar-refractivity contribution in [3.05, 3.63) is 42.0 Å². The van der Waals surface area contributed by atoms with E-state index < -0.39 is 11.7 Å². The minimum Gasteiger partial charge on any atom is -0.494 e. The van der Waals surface area contributed by atoms with Crippen LogP contribution in [0.5, 0.6) is 5.75 Å². The normalized spacial score (nSPS) is 11.3. The average Bonchev–Trinajstić information content (AvgIpc) is 2.46. The number of halogens is 3. The standard InChI is InChI=1S/C15H15F3N2O/c1-3-21-12-6-4-5-10(7-12)13-8-11(15(16,17)18)9-14(19-2)20-13/h4-9H,3H2,1-2H3,(H,19,20). The third-order valence-corrected chi connectivity index (χ3v) is 2.85. The molecule has 0 aliphatic rings. The minimum atomic E-state index is -4.42. The summed E-state index contributed by atoms with van der Waals surface area (Å²) in [7, 11) is 1.53. The van der Waals surface area contributed by atoms with Crippen molar-refractivity contribution in [2.75, 3.05) is 19.0 Å². The first-order valence-electron chi connectivity index (χ1n) is 6.44. The van der Waals surface area contributed by atoms with Gasteiger partial charge in [-0.25, -0.2) is 4.98 Å². The maximum atomic E-state index is 12.9. The molecule has 112 valence electrons. The Morgan fingerprint density at radius 3 is 2.57 bits per heavy atom. The molecule has 2 aromatic rings. The molecule has 3 nitrogen and oxygen atoms in total. The molecular weight excluding hydrogens is 281 g/mol. The molecule has 0 amide bonds. The molecule has 0 aliphatic heterocycles. The SMILES string of the molecule is CCOc1cccc(-c2cc(C(F)(F)F)cc(NC)n2)c1. The Morgan fingerprint density at radius 1 is 1.19 bits per heavy atom. The largest absolute Gasteiger partial charge is 0.494 e. The molecule has 0 aliphatic carbocycles. The molecule has 0 unspecified atom stereocenters. The lowest BCUT2D eigenvalue weighted by atomic mass is 10.1.